The quantitative estimate of drug-likeness (QED) is 0.633. The molecule has 0 N–H and O–H groups in total. The molecule has 1 aliphatic carbocycles. The van der Waals surface area contributed by atoms with Gasteiger partial charge in [0.15, 0.2) is 5.78 Å². The number of hydrogen-bond acceptors (Lipinski definition) is 6. The molecule has 26 heavy (non-hydrogen) atoms. The number of aromatic nitrogens is 3. The van der Waals surface area contributed by atoms with Gasteiger partial charge in [-0.15, -0.1) is 0 Å². The molecule has 0 bridgehead atoms. The van der Waals surface area contributed by atoms with Crippen LogP contribution in [0.2, 0.25) is 0 Å². The molecule has 8 heteroatoms. The molecule has 0 amide bonds. The first-order chi connectivity index (χ1) is 12.5. The van der Waals surface area contributed by atoms with E-state index >= 15 is 0 Å². The lowest BCUT2D eigenvalue weighted by molar-refractivity contribution is 0.0972. The van der Waals surface area contributed by atoms with E-state index in [1.54, 1.807) is 13.0 Å². The first kappa shape index (κ1) is 16.6. The highest BCUT2D eigenvalue weighted by Crippen LogP contribution is 2.38. The molecule has 0 saturated carbocycles. The van der Waals surface area contributed by atoms with E-state index in [9.17, 15) is 13.6 Å². The summed E-state index contributed by atoms with van der Waals surface area (Å²) in [6.07, 6.45) is 0.702. The monoisotopic (exact) mass is 359 g/mol. The number of carbonyl (C=O) groups is 1. The van der Waals surface area contributed by atoms with E-state index in [4.69, 9.17) is 4.52 Å². The smallest absolute Gasteiger partial charge is 0.315 e. The molecule has 0 unspecified atom stereocenters. The zero-order chi connectivity index (χ0) is 18.3. The number of nitrogens with zero attached hydrogens (tertiary/aromatic N) is 3. The summed E-state index contributed by atoms with van der Waals surface area (Å²) in [5.41, 5.74) is 3.31. The second-order valence-electron chi connectivity index (χ2n) is 6.33. The first-order valence-electron chi connectivity index (χ1n) is 8.22. The third-order valence-electron chi connectivity index (χ3n) is 4.71. The number of alkyl halides is 2. The summed E-state index contributed by atoms with van der Waals surface area (Å²) in [6.45, 7) is 1.72. The summed E-state index contributed by atoms with van der Waals surface area (Å²) in [6, 6.07) is 5.56. The fourth-order valence-corrected chi connectivity index (χ4v) is 3.40. The number of aryl methyl sites for hydroxylation is 2. The zero-order valence-electron chi connectivity index (χ0n) is 13.9. The summed E-state index contributed by atoms with van der Waals surface area (Å²) in [7, 11) is 0. The zero-order valence-corrected chi connectivity index (χ0v) is 13.9. The van der Waals surface area contributed by atoms with Gasteiger partial charge in [-0.05, 0) is 42.9 Å². The summed E-state index contributed by atoms with van der Waals surface area (Å²) < 4.78 is 34.7. The number of halogens is 2. The number of carbonyl (C=O) groups excluding carboxylic acids is 1. The predicted octanol–water partition coefficient (Wildman–Crippen LogP) is 4.27. The van der Waals surface area contributed by atoms with Gasteiger partial charge in [-0.1, -0.05) is 22.4 Å². The van der Waals surface area contributed by atoms with Crippen LogP contribution in [0.1, 0.15) is 58.3 Å². The highest BCUT2D eigenvalue weighted by atomic mass is 19.3. The van der Waals surface area contributed by atoms with Gasteiger partial charge in [0.25, 0.3) is 5.89 Å². The van der Waals surface area contributed by atoms with Crippen molar-refractivity contribution < 1.29 is 22.6 Å². The Hall–Kier alpha value is -2.90. The van der Waals surface area contributed by atoms with Crippen molar-refractivity contribution in [2.24, 2.45) is 0 Å². The van der Waals surface area contributed by atoms with Gasteiger partial charge in [-0.2, -0.15) is 13.8 Å². The molecule has 2 aromatic heterocycles. The van der Waals surface area contributed by atoms with Crippen molar-refractivity contribution in [1.29, 1.82) is 0 Å². The molecule has 6 nitrogen and oxygen atoms in total. The van der Waals surface area contributed by atoms with Crippen molar-refractivity contribution in [3.63, 3.8) is 0 Å². The molecular weight excluding hydrogens is 344 g/mol. The Morgan fingerprint density at radius 3 is 2.88 bits per heavy atom. The second kappa shape index (κ2) is 6.44. The van der Waals surface area contributed by atoms with Crippen molar-refractivity contribution in [2.45, 2.75) is 38.5 Å². The minimum atomic E-state index is -2.79. The van der Waals surface area contributed by atoms with E-state index in [1.165, 1.54) is 6.20 Å². The lowest BCUT2D eigenvalue weighted by Crippen LogP contribution is -2.05. The molecule has 0 aliphatic heterocycles. The van der Waals surface area contributed by atoms with Gasteiger partial charge >= 0.3 is 6.43 Å². The van der Waals surface area contributed by atoms with Crippen LogP contribution in [-0.4, -0.2) is 21.1 Å². The Bertz CT molecular complexity index is 964. The van der Waals surface area contributed by atoms with Crippen molar-refractivity contribution in [2.75, 3.05) is 0 Å². The Morgan fingerprint density at radius 2 is 2.19 bits per heavy atom. The standard InChI is InChI=1S/C18H15F2N3O3/c1-9-14(8-21-25-9)15(24)7-11-3-2-10-6-12(4-5-13(10)11)17-22-18(16(19)20)26-23-17/h4-6,8,11,16H,2-3,7H2,1H3/t11-/m0/s1. The van der Waals surface area contributed by atoms with Gasteiger partial charge in [0.2, 0.25) is 5.82 Å². The molecule has 0 spiro atoms. The van der Waals surface area contributed by atoms with Crippen LogP contribution in [0.4, 0.5) is 8.78 Å². The number of benzene rings is 1. The molecule has 1 aromatic carbocycles. The van der Waals surface area contributed by atoms with Crippen LogP contribution in [0.25, 0.3) is 11.4 Å². The fraction of sp³-hybridized carbons (Fsp3) is 0.333. The van der Waals surface area contributed by atoms with Crippen molar-refractivity contribution in [3.05, 3.63) is 52.7 Å². The largest absolute Gasteiger partial charge is 0.361 e. The molecule has 0 radical (unpaired) electrons. The Kier molecular flexibility index (Phi) is 4.10. The lowest BCUT2D eigenvalue weighted by atomic mass is 9.93. The molecular formula is C18H15F2N3O3. The van der Waals surface area contributed by atoms with Crippen molar-refractivity contribution in [3.8, 4) is 11.4 Å². The SMILES string of the molecule is Cc1oncc1C(=O)C[C@@H]1CCc2cc(-c3noc(C(F)F)n3)ccc21. The minimum Gasteiger partial charge on any atom is -0.361 e. The maximum Gasteiger partial charge on any atom is 0.315 e. The summed E-state index contributed by atoms with van der Waals surface area (Å²) in [5.74, 6) is 0.0967. The van der Waals surface area contributed by atoms with E-state index in [2.05, 4.69) is 19.8 Å². The predicted molar refractivity (Wildman–Crippen MR) is 85.9 cm³/mol. The van der Waals surface area contributed by atoms with Crippen molar-refractivity contribution in [1.82, 2.24) is 15.3 Å². The maximum absolute atomic E-state index is 12.6. The van der Waals surface area contributed by atoms with Gasteiger partial charge in [0, 0.05) is 12.0 Å². The molecule has 3 aromatic rings. The van der Waals surface area contributed by atoms with Gasteiger partial charge in [-0.25, -0.2) is 0 Å². The molecule has 0 saturated heterocycles. The highest BCUT2D eigenvalue weighted by Gasteiger charge is 2.27. The second-order valence-corrected chi connectivity index (χ2v) is 6.33. The van der Waals surface area contributed by atoms with Crippen LogP contribution in [0.15, 0.2) is 33.4 Å². The van der Waals surface area contributed by atoms with Crippen LogP contribution in [-0.2, 0) is 6.42 Å². The van der Waals surface area contributed by atoms with Gasteiger partial charge in [0.1, 0.15) is 5.76 Å². The fourth-order valence-electron chi connectivity index (χ4n) is 3.40. The van der Waals surface area contributed by atoms with Gasteiger partial charge in [-0.3, -0.25) is 4.79 Å². The third-order valence-corrected chi connectivity index (χ3v) is 4.71. The highest BCUT2D eigenvalue weighted by molar-refractivity contribution is 5.97. The minimum absolute atomic E-state index is 0.00502. The lowest BCUT2D eigenvalue weighted by Gasteiger charge is -2.10. The number of fused-ring (bicyclic) bond motifs is 1. The van der Waals surface area contributed by atoms with Crippen molar-refractivity contribution >= 4 is 5.78 Å². The number of rotatable bonds is 5. The maximum atomic E-state index is 12.6. The third kappa shape index (κ3) is 2.91. The topological polar surface area (TPSA) is 82.0 Å². The van der Waals surface area contributed by atoms with E-state index in [0.717, 1.165) is 24.0 Å². The summed E-state index contributed by atoms with van der Waals surface area (Å²) in [5, 5.41) is 7.26. The average Bonchev–Trinajstić information content (AvgIpc) is 3.34. The molecule has 1 aliphatic rings. The van der Waals surface area contributed by atoms with E-state index in [-0.39, 0.29) is 17.5 Å². The Morgan fingerprint density at radius 1 is 1.35 bits per heavy atom. The van der Waals surface area contributed by atoms with Crippen LogP contribution < -0.4 is 0 Å². The summed E-state index contributed by atoms with van der Waals surface area (Å²) in [4.78, 5) is 16.2. The van der Waals surface area contributed by atoms with Crippen LogP contribution in [0, 0.1) is 6.92 Å². The van der Waals surface area contributed by atoms with Crippen LogP contribution >= 0.6 is 0 Å². The van der Waals surface area contributed by atoms with Crippen LogP contribution in [0.5, 0.6) is 0 Å². The number of hydrogen-bond donors (Lipinski definition) is 0. The number of ketones is 1. The molecule has 1 atom stereocenters. The molecule has 4 rings (SSSR count). The first-order valence-corrected chi connectivity index (χ1v) is 8.22. The Labute approximate surface area is 147 Å². The molecule has 134 valence electrons. The van der Waals surface area contributed by atoms with E-state index < -0.39 is 12.3 Å². The number of Topliss-reactive ketones (excluding diaryl/α,β-unsaturated/α-hetero) is 1. The van der Waals surface area contributed by atoms with Gasteiger partial charge in [0.05, 0.1) is 11.8 Å². The van der Waals surface area contributed by atoms with E-state index in [0.29, 0.717) is 23.3 Å². The summed E-state index contributed by atoms with van der Waals surface area (Å²) >= 11 is 0. The van der Waals surface area contributed by atoms with Gasteiger partial charge < -0.3 is 9.05 Å². The molecule has 2 heterocycles. The average molecular weight is 359 g/mol. The molecule has 0 fully saturated rings. The van der Waals surface area contributed by atoms with Crippen LogP contribution in [0.3, 0.4) is 0 Å². The Balaban J connectivity index is 1.54. The normalized spacial score (nSPS) is 16.2. The van der Waals surface area contributed by atoms with E-state index in [1.807, 2.05) is 12.1 Å².